The first-order valence-corrected chi connectivity index (χ1v) is 26.4. The standard InChI is InChI=1S/C51H82O22/c1-20(19-66-46-40(62)39(61)36(58)31(17-52)70-46)7-10-29(54)21(2)33-30(55)16-28-26-9-8-24-15-25(11-13-50(24,5)27(26)12-14-51(28,33)6)69-49-45(73-48-42(64)38(60)35(57)23(4)68-48)43(65)44(32(18-53)71-49)72-47-41(63)37(59)34(56)22(3)67-47/h8,20-23,25-28,31-49,52-53,56-65H,7,9-19H2,1-6H3/t20-,21+,22-,23-,25?,26+,27-,28-,31+,32+,33+,34-,35-,36+,37+,38+,39-,40+,41+,42+,43-,44+,45+,46+,47+,48+,49+,50-,51-/m0/s1. The molecule has 4 heterocycles. The second kappa shape index (κ2) is 22.9. The van der Waals surface area contributed by atoms with E-state index in [1.807, 2.05) is 13.8 Å². The third-order valence-corrected chi connectivity index (χ3v) is 18.6. The van der Waals surface area contributed by atoms with E-state index in [9.17, 15) is 70.9 Å². The Labute approximate surface area is 425 Å². The molecular weight excluding hydrogens is 965 g/mol. The van der Waals surface area contributed by atoms with Gasteiger partial charge in [0.05, 0.1) is 38.1 Å². The van der Waals surface area contributed by atoms with Crippen molar-refractivity contribution >= 4 is 11.6 Å². The van der Waals surface area contributed by atoms with E-state index >= 15 is 0 Å². The molecule has 0 radical (unpaired) electrons. The lowest BCUT2D eigenvalue weighted by atomic mass is 9.47. The number of hydrogen-bond donors (Lipinski definition) is 12. The van der Waals surface area contributed by atoms with Crippen molar-refractivity contribution in [1.29, 1.82) is 0 Å². The zero-order valence-corrected chi connectivity index (χ0v) is 42.6. The first kappa shape index (κ1) is 57.5. The average Bonchev–Trinajstić information content (AvgIpc) is 3.64. The summed E-state index contributed by atoms with van der Waals surface area (Å²) in [4.78, 5) is 28.0. The minimum absolute atomic E-state index is 0.00532. The summed E-state index contributed by atoms with van der Waals surface area (Å²) in [6, 6.07) is 0. The predicted molar refractivity (Wildman–Crippen MR) is 249 cm³/mol. The summed E-state index contributed by atoms with van der Waals surface area (Å²) in [7, 11) is 0. The Kier molecular flexibility index (Phi) is 18.0. The number of carbonyl (C=O) groups excluding carboxylic acids is 2. The van der Waals surface area contributed by atoms with Crippen molar-refractivity contribution in [2.24, 2.45) is 46.3 Å². The number of aliphatic hydroxyl groups excluding tert-OH is 12. The number of allylic oxidation sites excluding steroid dienone is 1. The van der Waals surface area contributed by atoms with E-state index in [1.54, 1.807) is 0 Å². The largest absolute Gasteiger partial charge is 0.394 e. The van der Waals surface area contributed by atoms with E-state index in [0.29, 0.717) is 32.1 Å². The molecule has 418 valence electrons. The van der Waals surface area contributed by atoms with Crippen LogP contribution >= 0.6 is 0 Å². The van der Waals surface area contributed by atoms with Crippen molar-refractivity contribution < 1.29 is 109 Å². The highest BCUT2D eigenvalue weighted by Gasteiger charge is 2.63. The minimum atomic E-state index is -1.77. The Bertz CT molecular complexity index is 1930. The van der Waals surface area contributed by atoms with Gasteiger partial charge in [-0.25, -0.2) is 0 Å². The van der Waals surface area contributed by atoms with Gasteiger partial charge in [-0.3, -0.25) is 9.59 Å². The first-order chi connectivity index (χ1) is 34.4. The number of aliphatic hydroxyl groups is 12. The maximum Gasteiger partial charge on any atom is 0.187 e. The average molecular weight is 1050 g/mol. The first-order valence-electron chi connectivity index (χ1n) is 26.4. The molecule has 4 aliphatic carbocycles. The van der Waals surface area contributed by atoms with Crippen molar-refractivity contribution in [3.05, 3.63) is 11.6 Å². The maximum atomic E-state index is 14.1. The van der Waals surface area contributed by atoms with Crippen LogP contribution < -0.4 is 0 Å². The molecule has 12 N–H and O–H groups in total. The molecule has 0 aromatic heterocycles. The Hall–Kier alpha value is -1.72. The Morgan fingerprint density at radius 3 is 1.85 bits per heavy atom. The third-order valence-electron chi connectivity index (χ3n) is 18.6. The zero-order chi connectivity index (χ0) is 53.2. The van der Waals surface area contributed by atoms with Gasteiger partial charge in [0.15, 0.2) is 25.2 Å². The number of carbonyl (C=O) groups is 2. The van der Waals surface area contributed by atoms with Gasteiger partial charge < -0.3 is 99.2 Å². The van der Waals surface area contributed by atoms with Crippen LogP contribution in [-0.2, 0) is 47.5 Å². The molecule has 22 nitrogen and oxygen atoms in total. The molecule has 29 atom stereocenters. The summed E-state index contributed by atoms with van der Waals surface area (Å²) in [6.45, 7) is 9.94. The third kappa shape index (κ3) is 10.9. The van der Waals surface area contributed by atoms with Gasteiger partial charge >= 0.3 is 0 Å². The van der Waals surface area contributed by atoms with Gasteiger partial charge in [-0.2, -0.15) is 0 Å². The Morgan fingerprint density at radius 2 is 1.23 bits per heavy atom. The zero-order valence-electron chi connectivity index (χ0n) is 42.6. The van der Waals surface area contributed by atoms with E-state index in [0.717, 1.165) is 19.3 Å². The molecule has 0 bridgehead atoms. The number of fused-ring (bicyclic) bond motifs is 5. The van der Waals surface area contributed by atoms with Crippen LogP contribution in [0, 0.1) is 46.3 Å². The summed E-state index contributed by atoms with van der Waals surface area (Å²) < 4.78 is 47.6. The van der Waals surface area contributed by atoms with Crippen LogP contribution in [0.25, 0.3) is 0 Å². The highest BCUT2D eigenvalue weighted by atomic mass is 16.8. The van der Waals surface area contributed by atoms with Crippen LogP contribution in [-0.4, -0.2) is 222 Å². The highest BCUT2D eigenvalue weighted by molar-refractivity contribution is 5.92. The molecule has 0 aromatic rings. The lowest BCUT2D eigenvalue weighted by molar-refractivity contribution is -0.388. The van der Waals surface area contributed by atoms with Crippen LogP contribution in [0.15, 0.2) is 11.6 Å². The SMILES string of the molecule is C[C@@H](CCC(=O)[C@@H](C)[C@@H]1C(=O)C[C@H]2[C@@H]3CC=C4CC(O[C@@H]5O[C@H](CO)[C@@H](O[C@H]6O[C@@H](C)[C@H](O)[C@@H](O)[C@H]6O)[C@H](O)[C@H]5O[C@H]5O[C@@H](C)[C@H](O)[C@@H](O)[C@H]5O)CC[C@]4(C)[C@H]3CC[C@@]21C)CO[C@@H]1O[C@H](CO)[C@@H](O)[C@H](O)[C@H]1O. The second-order valence-electron chi connectivity index (χ2n) is 23.2. The number of ketones is 2. The summed E-state index contributed by atoms with van der Waals surface area (Å²) >= 11 is 0. The molecule has 4 aliphatic heterocycles. The summed E-state index contributed by atoms with van der Waals surface area (Å²) in [5, 5.41) is 126. The molecule has 3 saturated carbocycles. The summed E-state index contributed by atoms with van der Waals surface area (Å²) in [6.07, 6.45) is -22.4. The fourth-order valence-electron chi connectivity index (χ4n) is 14.0. The lowest BCUT2D eigenvalue weighted by Crippen LogP contribution is -2.66. The molecule has 7 fully saturated rings. The van der Waals surface area contributed by atoms with E-state index in [1.165, 1.54) is 19.4 Å². The topological polar surface area (TPSA) is 351 Å². The fraction of sp³-hybridized carbons (Fsp3) is 0.922. The highest BCUT2D eigenvalue weighted by Crippen LogP contribution is 2.66. The van der Waals surface area contributed by atoms with Gasteiger partial charge in [0.2, 0.25) is 0 Å². The normalized spacial score (nSPS) is 51.1. The van der Waals surface area contributed by atoms with E-state index in [-0.39, 0.29) is 59.1 Å². The molecule has 0 amide bonds. The van der Waals surface area contributed by atoms with E-state index in [2.05, 4.69) is 19.9 Å². The molecule has 73 heavy (non-hydrogen) atoms. The van der Waals surface area contributed by atoms with Crippen molar-refractivity contribution in [1.82, 2.24) is 0 Å². The summed E-state index contributed by atoms with van der Waals surface area (Å²) in [5.41, 5.74) is 0.569. The number of Topliss-reactive ketones (excluding diaryl/α,β-unsaturated/α-hetero) is 2. The van der Waals surface area contributed by atoms with Gasteiger partial charge in [0, 0.05) is 24.7 Å². The van der Waals surface area contributed by atoms with E-state index in [4.69, 9.17) is 37.9 Å². The molecule has 0 spiro atoms. The van der Waals surface area contributed by atoms with Crippen LogP contribution in [0.2, 0.25) is 0 Å². The van der Waals surface area contributed by atoms with Crippen molar-refractivity contribution in [3.63, 3.8) is 0 Å². The van der Waals surface area contributed by atoms with Crippen molar-refractivity contribution in [3.8, 4) is 0 Å². The number of hydrogen-bond acceptors (Lipinski definition) is 22. The van der Waals surface area contributed by atoms with Crippen LogP contribution in [0.5, 0.6) is 0 Å². The van der Waals surface area contributed by atoms with Crippen LogP contribution in [0.3, 0.4) is 0 Å². The quantitative estimate of drug-likeness (QED) is 0.0749. The van der Waals surface area contributed by atoms with Crippen LogP contribution in [0.1, 0.15) is 99.3 Å². The minimum Gasteiger partial charge on any atom is -0.394 e. The van der Waals surface area contributed by atoms with Gasteiger partial charge in [-0.15, -0.1) is 0 Å². The molecular formula is C51H82O22. The van der Waals surface area contributed by atoms with Gasteiger partial charge in [-0.1, -0.05) is 39.3 Å². The molecule has 1 unspecified atom stereocenters. The van der Waals surface area contributed by atoms with Gasteiger partial charge in [0.25, 0.3) is 0 Å². The number of ether oxygens (including phenoxy) is 8. The molecule has 8 rings (SSSR count). The van der Waals surface area contributed by atoms with Crippen molar-refractivity contribution in [2.45, 2.75) is 228 Å². The Morgan fingerprint density at radius 1 is 0.658 bits per heavy atom. The Balaban J connectivity index is 0.916. The van der Waals surface area contributed by atoms with Gasteiger partial charge in [0.1, 0.15) is 97.0 Å². The van der Waals surface area contributed by atoms with E-state index < -0.39 is 154 Å². The number of rotatable bonds is 16. The lowest BCUT2D eigenvalue weighted by Gasteiger charge is -2.58. The predicted octanol–water partition coefficient (Wildman–Crippen LogP) is -1.93. The maximum absolute atomic E-state index is 14.1. The second-order valence-corrected chi connectivity index (χ2v) is 23.2. The molecule has 4 saturated heterocycles. The van der Waals surface area contributed by atoms with Crippen molar-refractivity contribution in [2.75, 3.05) is 19.8 Å². The molecule has 22 heteroatoms. The monoisotopic (exact) mass is 1050 g/mol. The molecule has 8 aliphatic rings. The summed E-state index contributed by atoms with van der Waals surface area (Å²) in [5.74, 6) is -0.436. The van der Waals surface area contributed by atoms with Crippen LogP contribution in [0.4, 0.5) is 0 Å². The fourth-order valence-corrected chi connectivity index (χ4v) is 14.0. The van der Waals surface area contributed by atoms with Gasteiger partial charge in [-0.05, 0) is 93.3 Å². The smallest absolute Gasteiger partial charge is 0.187 e. The molecule has 0 aromatic carbocycles.